The molecule has 0 spiro atoms. The highest BCUT2D eigenvalue weighted by atomic mass is 16.3. The SMILES string of the molecule is CCCC(C)(C)[C@H](C)O. The Morgan fingerprint density at radius 3 is 2.00 bits per heavy atom. The molecule has 0 aliphatic heterocycles. The van der Waals surface area contributed by atoms with Gasteiger partial charge in [0.2, 0.25) is 0 Å². The van der Waals surface area contributed by atoms with E-state index < -0.39 is 0 Å². The fourth-order valence-corrected chi connectivity index (χ4v) is 0.853. The summed E-state index contributed by atoms with van der Waals surface area (Å²) in [5.74, 6) is 0. The topological polar surface area (TPSA) is 20.2 Å². The molecular formula is C8H18O. The van der Waals surface area contributed by atoms with Crippen molar-refractivity contribution in [3.63, 3.8) is 0 Å². The summed E-state index contributed by atoms with van der Waals surface area (Å²) in [6.07, 6.45) is 2.07. The van der Waals surface area contributed by atoms with E-state index in [-0.39, 0.29) is 11.5 Å². The maximum absolute atomic E-state index is 9.21. The van der Waals surface area contributed by atoms with Crippen LogP contribution in [0.3, 0.4) is 0 Å². The molecule has 0 aromatic heterocycles. The third-order valence-electron chi connectivity index (χ3n) is 2.03. The Bertz CT molecular complexity index is 74.6. The van der Waals surface area contributed by atoms with Crippen molar-refractivity contribution in [1.82, 2.24) is 0 Å². The quantitative estimate of drug-likeness (QED) is 0.621. The lowest BCUT2D eigenvalue weighted by Gasteiger charge is -2.27. The van der Waals surface area contributed by atoms with E-state index in [0.717, 1.165) is 12.8 Å². The van der Waals surface area contributed by atoms with Crippen molar-refractivity contribution in [3.8, 4) is 0 Å². The molecule has 9 heavy (non-hydrogen) atoms. The van der Waals surface area contributed by atoms with Crippen molar-refractivity contribution in [2.45, 2.75) is 46.6 Å². The first-order valence-corrected chi connectivity index (χ1v) is 3.68. The monoisotopic (exact) mass is 130 g/mol. The molecule has 1 atom stereocenters. The molecule has 0 radical (unpaired) electrons. The second-order valence-corrected chi connectivity index (χ2v) is 3.41. The van der Waals surface area contributed by atoms with E-state index in [1.165, 1.54) is 0 Å². The lowest BCUT2D eigenvalue weighted by Crippen LogP contribution is -2.25. The Kier molecular flexibility index (Phi) is 3.20. The Morgan fingerprint density at radius 1 is 1.44 bits per heavy atom. The minimum absolute atomic E-state index is 0.106. The zero-order valence-corrected chi connectivity index (χ0v) is 6.94. The normalized spacial score (nSPS) is 15.7. The van der Waals surface area contributed by atoms with Crippen LogP contribution in [0.5, 0.6) is 0 Å². The van der Waals surface area contributed by atoms with Crippen LogP contribution in [0.1, 0.15) is 40.5 Å². The minimum atomic E-state index is -0.183. The van der Waals surface area contributed by atoms with Crippen molar-refractivity contribution in [2.75, 3.05) is 0 Å². The highest BCUT2D eigenvalue weighted by Gasteiger charge is 2.21. The van der Waals surface area contributed by atoms with Gasteiger partial charge in [-0.25, -0.2) is 0 Å². The Balaban J connectivity index is 3.70. The van der Waals surface area contributed by atoms with Crippen LogP contribution in [0.4, 0.5) is 0 Å². The lowest BCUT2D eigenvalue weighted by molar-refractivity contribution is 0.0592. The largest absolute Gasteiger partial charge is 0.393 e. The van der Waals surface area contributed by atoms with Crippen molar-refractivity contribution in [2.24, 2.45) is 5.41 Å². The van der Waals surface area contributed by atoms with Gasteiger partial charge in [0, 0.05) is 0 Å². The van der Waals surface area contributed by atoms with Gasteiger partial charge in [0.05, 0.1) is 6.10 Å². The zero-order valence-electron chi connectivity index (χ0n) is 6.94. The molecule has 0 rings (SSSR count). The molecule has 0 saturated carbocycles. The summed E-state index contributed by atoms with van der Waals surface area (Å²) in [7, 11) is 0. The fraction of sp³-hybridized carbons (Fsp3) is 1.00. The Morgan fingerprint density at radius 2 is 1.89 bits per heavy atom. The summed E-state index contributed by atoms with van der Waals surface area (Å²) < 4.78 is 0. The van der Waals surface area contributed by atoms with Gasteiger partial charge in [0.1, 0.15) is 0 Å². The number of hydrogen-bond acceptors (Lipinski definition) is 1. The molecule has 0 aromatic carbocycles. The van der Waals surface area contributed by atoms with E-state index in [0.29, 0.717) is 0 Å². The molecule has 0 saturated heterocycles. The van der Waals surface area contributed by atoms with Crippen LogP contribution < -0.4 is 0 Å². The highest BCUT2D eigenvalue weighted by Crippen LogP contribution is 2.25. The molecular weight excluding hydrogens is 112 g/mol. The van der Waals surface area contributed by atoms with Gasteiger partial charge >= 0.3 is 0 Å². The number of rotatable bonds is 3. The van der Waals surface area contributed by atoms with Gasteiger partial charge in [-0.3, -0.25) is 0 Å². The molecule has 56 valence electrons. The minimum Gasteiger partial charge on any atom is -0.393 e. The summed E-state index contributed by atoms with van der Waals surface area (Å²) in [6, 6.07) is 0. The third-order valence-corrected chi connectivity index (χ3v) is 2.03. The van der Waals surface area contributed by atoms with Crippen molar-refractivity contribution in [3.05, 3.63) is 0 Å². The Hall–Kier alpha value is -0.0400. The Labute approximate surface area is 58.1 Å². The smallest absolute Gasteiger partial charge is 0.0563 e. The second-order valence-electron chi connectivity index (χ2n) is 3.41. The zero-order chi connectivity index (χ0) is 7.49. The first kappa shape index (κ1) is 8.96. The predicted octanol–water partition coefficient (Wildman–Crippen LogP) is 2.19. The van der Waals surface area contributed by atoms with Crippen LogP contribution in [0.15, 0.2) is 0 Å². The molecule has 0 fully saturated rings. The van der Waals surface area contributed by atoms with Crippen LogP contribution >= 0.6 is 0 Å². The van der Waals surface area contributed by atoms with Crippen LogP contribution in [-0.4, -0.2) is 11.2 Å². The van der Waals surface area contributed by atoms with E-state index in [9.17, 15) is 5.11 Å². The molecule has 0 amide bonds. The summed E-state index contributed by atoms with van der Waals surface area (Å²) in [5.41, 5.74) is 0.106. The first-order valence-electron chi connectivity index (χ1n) is 3.68. The van der Waals surface area contributed by atoms with Crippen molar-refractivity contribution in [1.29, 1.82) is 0 Å². The molecule has 0 bridgehead atoms. The van der Waals surface area contributed by atoms with Gasteiger partial charge < -0.3 is 5.11 Å². The van der Waals surface area contributed by atoms with Crippen molar-refractivity contribution < 1.29 is 5.11 Å². The molecule has 1 N–H and O–H groups in total. The van der Waals surface area contributed by atoms with Gasteiger partial charge in [-0.2, -0.15) is 0 Å². The average Bonchev–Trinajstić information content (AvgIpc) is 1.65. The fourth-order valence-electron chi connectivity index (χ4n) is 0.853. The number of aliphatic hydroxyl groups is 1. The highest BCUT2D eigenvalue weighted by molar-refractivity contribution is 4.72. The van der Waals surface area contributed by atoms with E-state index in [4.69, 9.17) is 0 Å². The van der Waals surface area contributed by atoms with Gasteiger partial charge in [-0.05, 0) is 18.8 Å². The van der Waals surface area contributed by atoms with Crippen LogP contribution in [-0.2, 0) is 0 Å². The summed E-state index contributed by atoms with van der Waals surface area (Å²) in [5, 5.41) is 9.21. The maximum Gasteiger partial charge on any atom is 0.0563 e. The number of hydrogen-bond donors (Lipinski definition) is 1. The first-order chi connectivity index (χ1) is 4.00. The van der Waals surface area contributed by atoms with Crippen LogP contribution in [0, 0.1) is 5.41 Å². The standard InChI is InChI=1S/C8H18O/c1-5-6-8(3,4)7(2)9/h7,9H,5-6H2,1-4H3/t7-/m0/s1. The van der Waals surface area contributed by atoms with Gasteiger partial charge in [0.15, 0.2) is 0 Å². The molecule has 0 aromatic rings. The van der Waals surface area contributed by atoms with E-state index in [2.05, 4.69) is 20.8 Å². The molecule has 0 aliphatic carbocycles. The lowest BCUT2D eigenvalue weighted by atomic mass is 9.83. The van der Waals surface area contributed by atoms with E-state index >= 15 is 0 Å². The van der Waals surface area contributed by atoms with E-state index in [1.54, 1.807) is 0 Å². The summed E-state index contributed by atoms with van der Waals surface area (Å²) in [4.78, 5) is 0. The molecule has 1 heteroatoms. The third kappa shape index (κ3) is 2.85. The van der Waals surface area contributed by atoms with Gasteiger partial charge in [-0.15, -0.1) is 0 Å². The molecule has 0 heterocycles. The predicted molar refractivity (Wildman–Crippen MR) is 40.4 cm³/mol. The maximum atomic E-state index is 9.21. The average molecular weight is 130 g/mol. The van der Waals surface area contributed by atoms with Crippen LogP contribution in [0.2, 0.25) is 0 Å². The van der Waals surface area contributed by atoms with E-state index in [1.807, 2.05) is 6.92 Å². The summed E-state index contributed by atoms with van der Waals surface area (Å²) in [6.45, 7) is 8.20. The number of aliphatic hydroxyl groups excluding tert-OH is 1. The van der Waals surface area contributed by atoms with Crippen LogP contribution in [0.25, 0.3) is 0 Å². The second kappa shape index (κ2) is 3.21. The summed E-state index contributed by atoms with van der Waals surface area (Å²) >= 11 is 0. The van der Waals surface area contributed by atoms with Gasteiger partial charge in [-0.1, -0.05) is 27.2 Å². The van der Waals surface area contributed by atoms with Crippen molar-refractivity contribution >= 4 is 0 Å². The van der Waals surface area contributed by atoms with Gasteiger partial charge in [0.25, 0.3) is 0 Å². The molecule has 0 aliphatic rings. The molecule has 1 nitrogen and oxygen atoms in total. The molecule has 0 unspecified atom stereocenters.